The van der Waals surface area contributed by atoms with Crippen LogP contribution in [0.2, 0.25) is 0 Å². The van der Waals surface area contributed by atoms with Gasteiger partial charge < -0.3 is 9.64 Å². The average Bonchev–Trinajstić information content (AvgIpc) is 3.10. The largest absolute Gasteiger partial charge is 0.449 e. The molecule has 0 saturated carbocycles. The van der Waals surface area contributed by atoms with Gasteiger partial charge in [-0.15, -0.1) is 0 Å². The van der Waals surface area contributed by atoms with E-state index in [1.165, 1.54) is 12.1 Å². The van der Waals surface area contributed by atoms with Gasteiger partial charge in [-0.1, -0.05) is 24.3 Å². The van der Waals surface area contributed by atoms with Crippen LogP contribution in [0.25, 0.3) is 0 Å². The van der Waals surface area contributed by atoms with Gasteiger partial charge >= 0.3 is 5.97 Å². The molecule has 4 rings (SSSR count). The highest BCUT2D eigenvalue weighted by Gasteiger charge is 2.31. The van der Waals surface area contributed by atoms with E-state index < -0.39 is 12.1 Å². The van der Waals surface area contributed by atoms with Crippen molar-refractivity contribution in [2.75, 3.05) is 16.3 Å². The Bertz CT molecular complexity index is 1020. The Balaban J connectivity index is 1.48. The Labute approximate surface area is 174 Å². The minimum absolute atomic E-state index is 0.163. The third-order valence-corrected chi connectivity index (χ3v) is 5.40. The molecule has 1 fully saturated rings. The molecule has 1 saturated heterocycles. The van der Waals surface area contributed by atoms with Crippen molar-refractivity contribution >= 4 is 35.1 Å². The molecule has 7 heteroatoms. The number of amides is 3. The van der Waals surface area contributed by atoms with Crippen LogP contribution in [0, 0.1) is 0 Å². The minimum Gasteiger partial charge on any atom is -0.449 e. The van der Waals surface area contributed by atoms with E-state index in [1.807, 2.05) is 24.3 Å². The maximum Gasteiger partial charge on any atom is 0.338 e. The molecule has 0 aromatic heterocycles. The van der Waals surface area contributed by atoms with E-state index >= 15 is 0 Å². The van der Waals surface area contributed by atoms with Crippen molar-refractivity contribution < 1.29 is 23.9 Å². The van der Waals surface area contributed by atoms with E-state index in [-0.39, 0.29) is 36.1 Å². The second kappa shape index (κ2) is 8.10. The zero-order valence-corrected chi connectivity index (χ0v) is 16.7. The number of rotatable bonds is 4. The molecule has 0 spiro atoms. The molecule has 2 aromatic rings. The van der Waals surface area contributed by atoms with E-state index in [0.29, 0.717) is 12.2 Å². The van der Waals surface area contributed by atoms with Crippen molar-refractivity contribution in [3.63, 3.8) is 0 Å². The van der Waals surface area contributed by atoms with Crippen LogP contribution in [-0.4, -0.2) is 36.3 Å². The van der Waals surface area contributed by atoms with Gasteiger partial charge in [-0.25, -0.2) is 4.79 Å². The second-order valence-corrected chi connectivity index (χ2v) is 7.44. The summed E-state index contributed by atoms with van der Waals surface area (Å²) in [5.74, 6) is -1.55. The molecule has 154 valence electrons. The SMILES string of the molecule is CC(OC(=O)c1cccc(N2C(=O)CCC2=O)c1)C(=O)N1CCCc2ccccc21. The van der Waals surface area contributed by atoms with Gasteiger partial charge in [0.1, 0.15) is 0 Å². The van der Waals surface area contributed by atoms with Crippen molar-refractivity contribution in [1.29, 1.82) is 0 Å². The number of esters is 1. The Morgan fingerprint density at radius 1 is 0.967 bits per heavy atom. The Hall–Kier alpha value is -3.48. The van der Waals surface area contributed by atoms with E-state index in [9.17, 15) is 19.2 Å². The average molecular weight is 406 g/mol. The first-order chi connectivity index (χ1) is 14.5. The number of aryl methyl sites for hydroxylation is 1. The lowest BCUT2D eigenvalue weighted by Gasteiger charge is -2.31. The summed E-state index contributed by atoms with van der Waals surface area (Å²) < 4.78 is 5.42. The Morgan fingerprint density at radius 2 is 1.70 bits per heavy atom. The van der Waals surface area contributed by atoms with Gasteiger partial charge in [0.25, 0.3) is 5.91 Å². The minimum atomic E-state index is -0.970. The molecular formula is C23H22N2O5. The van der Waals surface area contributed by atoms with Gasteiger partial charge in [0.2, 0.25) is 11.8 Å². The standard InChI is InChI=1S/C23H22N2O5/c1-15(22(28)24-13-5-8-16-6-2-3-10-19(16)24)30-23(29)17-7-4-9-18(14-17)25-20(26)11-12-21(25)27/h2-4,6-7,9-10,14-15H,5,8,11-13H2,1H3. The van der Waals surface area contributed by atoms with Gasteiger partial charge in [-0.3, -0.25) is 19.3 Å². The van der Waals surface area contributed by atoms with Crippen LogP contribution >= 0.6 is 0 Å². The normalized spacial score (nSPS) is 17.0. The van der Waals surface area contributed by atoms with Gasteiger partial charge in [0.05, 0.1) is 11.3 Å². The number of benzene rings is 2. The molecule has 2 aliphatic heterocycles. The van der Waals surface area contributed by atoms with Crippen LogP contribution in [0.4, 0.5) is 11.4 Å². The molecule has 0 N–H and O–H groups in total. The van der Waals surface area contributed by atoms with Gasteiger partial charge in [-0.05, 0) is 49.6 Å². The fourth-order valence-corrected chi connectivity index (χ4v) is 3.90. The fraction of sp³-hybridized carbons (Fsp3) is 0.304. The summed E-state index contributed by atoms with van der Waals surface area (Å²) in [5, 5.41) is 0. The predicted molar refractivity (Wildman–Crippen MR) is 110 cm³/mol. The Morgan fingerprint density at radius 3 is 2.47 bits per heavy atom. The highest BCUT2D eigenvalue weighted by molar-refractivity contribution is 6.20. The first-order valence-electron chi connectivity index (χ1n) is 10.0. The zero-order valence-electron chi connectivity index (χ0n) is 16.7. The molecule has 2 aliphatic rings. The number of carbonyl (C=O) groups excluding carboxylic acids is 4. The molecule has 1 atom stereocenters. The van der Waals surface area contributed by atoms with Crippen molar-refractivity contribution in [3.8, 4) is 0 Å². The number of nitrogens with zero attached hydrogens (tertiary/aromatic N) is 2. The molecule has 2 aromatic carbocycles. The maximum atomic E-state index is 12.9. The van der Waals surface area contributed by atoms with E-state index in [4.69, 9.17) is 4.74 Å². The van der Waals surface area contributed by atoms with Crippen molar-refractivity contribution in [2.24, 2.45) is 0 Å². The van der Waals surface area contributed by atoms with Crippen LogP contribution in [0.15, 0.2) is 48.5 Å². The summed E-state index contributed by atoms with van der Waals surface area (Å²) in [5.41, 5.74) is 2.47. The summed E-state index contributed by atoms with van der Waals surface area (Å²) >= 11 is 0. The third kappa shape index (κ3) is 3.70. The third-order valence-electron chi connectivity index (χ3n) is 5.40. The van der Waals surface area contributed by atoms with Crippen LogP contribution in [0.1, 0.15) is 42.1 Å². The van der Waals surface area contributed by atoms with E-state index in [0.717, 1.165) is 29.0 Å². The van der Waals surface area contributed by atoms with Crippen LogP contribution < -0.4 is 9.80 Å². The quantitative estimate of drug-likeness (QED) is 0.576. The first kappa shape index (κ1) is 19.8. The van der Waals surface area contributed by atoms with Gasteiger partial charge in [-0.2, -0.15) is 0 Å². The Kier molecular flexibility index (Phi) is 5.35. The van der Waals surface area contributed by atoms with Gasteiger partial charge in [0, 0.05) is 25.1 Å². The van der Waals surface area contributed by atoms with Crippen LogP contribution in [0.3, 0.4) is 0 Å². The number of carbonyl (C=O) groups is 4. The zero-order chi connectivity index (χ0) is 21.3. The monoisotopic (exact) mass is 406 g/mol. The number of imide groups is 1. The molecule has 0 radical (unpaired) electrons. The molecule has 7 nitrogen and oxygen atoms in total. The molecule has 1 unspecified atom stereocenters. The number of anilines is 2. The molecule has 3 amide bonds. The van der Waals surface area contributed by atoms with Crippen LogP contribution in [-0.2, 0) is 25.5 Å². The number of para-hydroxylation sites is 1. The lowest BCUT2D eigenvalue weighted by atomic mass is 10.0. The molecule has 0 bridgehead atoms. The first-order valence-corrected chi connectivity index (χ1v) is 10.0. The fourth-order valence-electron chi connectivity index (χ4n) is 3.90. The second-order valence-electron chi connectivity index (χ2n) is 7.44. The summed E-state index contributed by atoms with van der Waals surface area (Å²) in [7, 11) is 0. The maximum absolute atomic E-state index is 12.9. The van der Waals surface area contributed by atoms with Crippen molar-refractivity contribution in [2.45, 2.75) is 38.7 Å². The lowest BCUT2D eigenvalue weighted by Crippen LogP contribution is -2.42. The number of hydrogen-bond acceptors (Lipinski definition) is 5. The van der Waals surface area contributed by atoms with Crippen molar-refractivity contribution in [1.82, 2.24) is 0 Å². The smallest absolute Gasteiger partial charge is 0.338 e. The summed E-state index contributed by atoms with van der Waals surface area (Å²) in [6.07, 6.45) is 1.12. The molecule has 0 aliphatic carbocycles. The van der Waals surface area contributed by atoms with Crippen molar-refractivity contribution in [3.05, 3.63) is 59.7 Å². The highest BCUT2D eigenvalue weighted by atomic mass is 16.5. The number of fused-ring (bicyclic) bond motifs is 1. The number of ether oxygens (including phenoxy) is 1. The number of hydrogen-bond donors (Lipinski definition) is 0. The summed E-state index contributed by atoms with van der Waals surface area (Å²) in [4.78, 5) is 52.2. The van der Waals surface area contributed by atoms with Crippen LogP contribution in [0.5, 0.6) is 0 Å². The highest BCUT2D eigenvalue weighted by Crippen LogP contribution is 2.28. The molecule has 30 heavy (non-hydrogen) atoms. The summed E-state index contributed by atoms with van der Waals surface area (Å²) in [6, 6.07) is 13.9. The lowest BCUT2D eigenvalue weighted by molar-refractivity contribution is -0.126. The summed E-state index contributed by atoms with van der Waals surface area (Å²) in [6.45, 7) is 2.13. The molecule has 2 heterocycles. The van der Waals surface area contributed by atoms with Gasteiger partial charge in [0.15, 0.2) is 6.10 Å². The predicted octanol–water partition coefficient (Wildman–Crippen LogP) is 2.86. The van der Waals surface area contributed by atoms with E-state index in [2.05, 4.69) is 0 Å². The topological polar surface area (TPSA) is 84.0 Å². The molecular weight excluding hydrogens is 384 g/mol. The van der Waals surface area contributed by atoms with E-state index in [1.54, 1.807) is 24.0 Å².